The molecule has 2 fully saturated rings. The van der Waals surface area contributed by atoms with Gasteiger partial charge in [0.1, 0.15) is 11.8 Å². The van der Waals surface area contributed by atoms with Crippen molar-refractivity contribution >= 4 is 27.9 Å². The number of likely N-dealkylation sites (N-methyl/N-ethyl adjacent to an activating group) is 1. The number of ether oxygens (including phenoxy) is 1. The van der Waals surface area contributed by atoms with Gasteiger partial charge in [-0.3, -0.25) is 14.5 Å². The Morgan fingerprint density at radius 3 is 2.32 bits per heavy atom. The molecule has 0 unspecified atom stereocenters. The van der Waals surface area contributed by atoms with E-state index in [1.165, 1.54) is 20.4 Å². The third-order valence-electron chi connectivity index (χ3n) is 5.13. The van der Waals surface area contributed by atoms with Gasteiger partial charge >= 0.3 is 6.03 Å². The van der Waals surface area contributed by atoms with Crippen LogP contribution in [-0.4, -0.2) is 51.5 Å². The van der Waals surface area contributed by atoms with Crippen LogP contribution in [0.1, 0.15) is 32.6 Å². The quantitative estimate of drug-likeness (QED) is 0.714. The van der Waals surface area contributed by atoms with Crippen LogP contribution in [0.4, 0.5) is 4.79 Å². The molecule has 0 aromatic carbocycles. The number of imide groups is 1. The molecular weight excluding hydrogens is 390 g/mol. The third-order valence-corrected chi connectivity index (χ3v) is 5.73. The van der Waals surface area contributed by atoms with Crippen molar-refractivity contribution in [1.82, 2.24) is 14.4 Å². The molecule has 1 aromatic rings. The normalized spacial score (nSPS) is 27.1. The van der Waals surface area contributed by atoms with Gasteiger partial charge in [0.15, 0.2) is 0 Å². The van der Waals surface area contributed by atoms with Gasteiger partial charge in [-0.05, 0) is 48.5 Å². The van der Waals surface area contributed by atoms with Crippen LogP contribution in [0.2, 0.25) is 0 Å². The van der Waals surface area contributed by atoms with Crippen LogP contribution in [-0.2, 0) is 11.8 Å². The van der Waals surface area contributed by atoms with E-state index in [-0.39, 0.29) is 29.6 Å². The summed E-state index contributed by atoms with van der Waals surface area (Å²) in [4.78, 5) is 39.2. The van der Waals surface area contributed by atoms with Gasteiger partial charge in [0.05, 0.1) is 10.6 Å². The fourth-order valence-corrected chi connectivity index (χ4v) is 3.92. The van der Waals surface area contributed by atoms with E-state index in [0.29, 0.717) is 18.6 Å². The molecule has 0 radical (unpaired) electrons. The maximum absolute atomic E-state index is 12.3. The molecule has 2 heterocycles. The summed E-state index contributed by atoms with van der Waals surface area (Å²) < 4.78 is 8.19. The van der Waals surface area contributed by atoms with Gasteiger partial charge in [-0.15, -0.1) is 0 Å². The van der Waals surface area contributed by atoms with Crippen molar-refractivity contribution in [2.45, 2.75) is 50.8 Å². The first-order valence-electron chi connectivity index (χ1n) is 8.42. The molecule has 1 saturated heterocycles. The molecule has 1 aromatic heterocycles. The van der Waals surface area contributed by atoms with E-state index in [1.807, 2.05) is 0 Å². The second-order valence-electron chi connectivity index (χ2n) is 6.76. The summed E-state index contributed by atoms with van der Waals surface area (Å²) in [5.41, 5.74) is -0.128. The molecule has 25 heavy (non-hydrogen) atoms. The van der Waals surface area contributed by atoms with Crippen molar-refractivity contribution in [1.29, 1.82) is 0 Å². The number of rotatable bonds is 3. The fourth-order valence-electron chi connectivity index (χ4n) is 3.40. The van der Waals surface area contributed by atoms with Crippen LogP contribution < -0.4 is 10.3 Å². The molecule has 3 rings (SSSR count). The minimum Gasteiger partial charge on any atom is -0.489 e. The molecule has 1 saturated carbocycles. The van der Waals surface area contributed by atoms with Crippen LogP contribution >= 0.6 is 15.9 Å². The van der Waals surface area contributed by atoms with Gasteiger partial charge in [-0.25, -0.2) is 4.79 Å². The summed E-state index contributed by atoms with van der Waals surface area (Å²) in [6.45, 7) is 1.75. The number of pyridine rings is 1. The molecule has 1 aliphatic carbocycles. The summed E-state index contributed by atoms with van der Waals surface area (Å²) in [7, 11) is 3.34. The highest BCUT2D eigenvalue weighted by Crippen LogP contribution is 2.32. The molecule has 8 heteroatoms. The van der Waals surface area contributed by atoms with E-state index in [4.69, 9.17) is 4.74 Å². The van der Waals surface area contributed by atoms with Gasteiger partial charge in [0.25, 0.3) is 11.5 Å². The minimum absolute atomic E-state index is 0.0254. The number of aromatic nitrogens is 1. The Labute approximate surface area is 154 Å². The predicted octanol–water partition coefficient (Wildman–Crippen LogP) is 2.12. The highest BCUT2D eigenvalue weighted by Gasteiger charge is 2.44. The molecule has 2 aliphatic rings. The van der Waals surface area contributed by atoms with E-state index in [9.17, 15) is 14.4 Å². The third kappa shape index (κ3) is 3.31. The Balaban J connectivity index is 1.63. The van der Waals surface area contributed by atoms with E-state index < -0.39 is 6.04 Å². The number of aryl methyl sites for hydroxylation is 1. The number of nitrogens with zero attached hydrogens (tertiary/aromatic N) is 3. The highest BCUT2D eigenvalue weighted by atomic mass is 79.9. The van der Waals surface area contributed by atoms with Crippen LogP contribution in [0.15, 0.2) is 21.5 Å². The largest absolute Gasteiger partial charge is 0.489 e. The number of urea groups is 1. The Hall–Kier alpha value is -1.83. The summed E-state index contributed by atoms with van der Waals surface area (Å²) in [5, 5.41) is 0. The lowest BCUT2D eigenvalue weighted by Crippen LogP contribution is -2.44. The summed E-state index contributed by atoms with van der Waals surface area (Å²) in [6.07, 6.45) is 4.56. The molecule has 0 spiro atoms. The van der Waals surface area contributed by atoms with E-state index in [0.717, 1.165) is 17.3 Å². The number of amides is 3. The number of hydrogen-bond donors (Lipinski definition) is 0. The Bertz CT molecular complexity index is 735. The van der Waals surface area contributed by atoms with Gasteiger partial charge in [-0.1, -0.05) is 0 Å². The second kappa shape index (κ2) is 6.82. The summed E-state index contributed by atoms with van der Waals surface area (Å²) in [5.74, 6) is 0.416. The molecular formula is C17H22BrN3O4. The van der Waals surface area contributed by atoms with E-state index in [1.54, 1.807) is 27.2 Å². The molecule has 1 aliphatic heterocycles. The summed E-state index contributed by atoms with van der Waals surface area (Å²) in [6, 6.07) is 0.800. The Morgan fingerprint density at radius 2 is 1.76 bits per heavy atom. The van der Waals surface area contributed by atoms with Crippen molar-refractivity contribution in [2.75, 3.05) is 7.05 Å². The molecule has 3 amide bonds. The average Bonchev–Trinajstić information content (AvgIpc) is 2.77. The Morgan fingerprint density at radius 1 is 1.12 bits per heavy atom. The SMILES string of the molecule is C[C@H]1C(=O)N(C2CCC(Oc3cc(=O)n(C)cc3Br)CC2)C(=O)N1C. The molecule has 136 valence electrons. The van der Waals surface area contributed by atoms with Gasteiger partial charge in [0, 0.05) is 32.4 Å². The maximum atomic E-state index is 12.3. The first-order valence-corrected chi connectivity index (χ1v) is 9.21. The first kappa shape index (κ1) is 18.0. The second-order valence-corrected chi connectivity index (χ2v) is 7.62. The van der Waals surface area contributed by atoms with Crippen LogP contribution in [0, 0.1) is 0 Å². The molecule has 0 N–H and O–H groups in total. The summed E-state index contributed by atoms with van der Waals surface area (Å²) >= 11 is 3.41. The van der Waals surface area contributed by atoms with Crippen LogP contribution in [0.25, 0.3) is 0 Å². The number of halogens is 1. The lowest BCUT2D eigenvalue weighted by atomic mass is 9.92. The van der Waals surface area contributed by atoms with E-state index in [2.05, 4.69) is 15.9 Å². The molecule has 7 nitrogen and oxygen atoms in total. The molecule has 1 atom stereocenters. The topological polar surface area (TPSA) is 71.8 Å². The minimum atomic E-state index is -0.391. The van der Waals surface area contributed by atoms with Crippen molar-refractivity contribution in [2.24, 2.45) is 7.05 Å². The zero-order chi connectivity index (χ0) is 18.3. The molecule has 0 bridgehead atoms. The van der Waals surface area contributed by atoms with Crippen molar-refractivity contribution in [3.05, 3.63) is 27.1 Å². The van der Waals surface area contributed by atoms with Crippen LogP contribution in [0.5, 0.6) is 5.75 Å². The fraction of sp³-hybridized carbons (Fsp3) is 0.588. The Kier molecular flexibility index (Phi) is 4.90. The van der Waals surface area contributed by atoms with Gasteiger partial charge < -0.3 is 14.2 Å². The standard InChI is InChI=1S/C17H22BrN3O4/c1-10-16(23)21(17(24)20(10)3)11-4-6-12(7-5-11)25-14-8-15(22)19(2)9-13(14)18/h8-12H,4-7H2,1-3H3/t10-,11?,12?/m0/s1. The monoisotopic (exact) mass is 411 g/mol. The zero-order valence-electron chi connectivity index (χ0n) is 14.6. The lowest BCUT2D eigenvalue weighted by Gasteiger charge is -2.33. The average molecular weight is 412 g/mol. The van der Waals surface area contributed by atoms with Gasteiger partial charge in [0.2, 0.25) is 0 Å². The van der Waals surface area contributed by atoms with Gasteiger partial charge in [-0.2, -0.15) is 0 Å². The number of carbonyl (C=O) groups is 2. The zero-order valence-corrected chi connectivity index (χ0v) is 16.2. The lowest BCUT2D eigenvalue weighted by molar-refractivity contribution is -0.130. The van der Waals surface area contributed by atoms with Crippen molar-refractivity contribution < 1.29 is 14.3 Å². The van der Waals surface area contributed by atoms with Crippen LogP contribution in [0.3, 0.4) is 0 Å². The number of hydrogen-bond acceptors (Lipinski definition) is 4. The highest BCUT2D eigenvalue weighted by molar-refractivity contribution is 9.10. The maximum Gasteiger partial charge on any atom is 0.327 e. The predicted molar refractivity (Wildman–Crippen MR) is 95.5 cm³/mol. The van der Waals surface area contributed by atoms with E-state index >= 15 is 0 Å². The number of carbonyl (C=O) groups excluding carboxylic acids is 2. The van der Waals surface area contributed by atoms with Crippen molar-refractivity contribution in [3.8, 4) is 5.75 Å². The first-order chi connectivity index (χ1) is 11.8. The smallest absolute Gasteiger partial charge is 0.327 e. The van der Waals surface area contributed by atoms with Crippen molar-refractivity contribution in [3.63, 3.8) is 0 Å².